The SMILES string of the molecule is Cc1cccc(-c2cnc(CCC3NC(=O)C4CCCCC4N3)[nH]2)c1. The lowest BCUT2D eigenvalue weighted by Crippen LogP contribution is -2.62. The molecule has 0 bridgehead atoms. The number of rotatable bonds is 4. The van der Waals surface area contributed by atoms with Crippen molar-refractivity contribution in [3.63, 3.8) is 0 Å². The largest absolute Gasteiger partial charge is 0.342 e. The third-order valence-electron chi connectivity index (χ3n) is 5.46. The molecule has 2 fully saturated rings. The number of nitrogens with one attached hydrogen (secondary N) is 3. The van der Waals surface area contributed by atoms with Crippen LogP contribution in [0.4, 0.5) is 0 Å². The summed E-state index contributed by atoms with van der Waals surface area (Å²) in [6.45, 7) is 2.09. The number of amides is 1. The highest BCUT2D eigenvalue weighted by atomic mass is 16.2. The van der Waals surface area contributed by atoms with Gasteiger partial charge in [-0.25, -0.2) is 4.98 Å². The van der Waals surface area contributed by atoms with Gasteiger partial charge in [-0.05, 0) is 37.8 Å². The number of H-pyrrole nitrogens is 1. The van der Waals surface area contributed by atoms with Crippen molar-refractivity contribution in [2.45, 2.75) is 57.7 Å². The van der Waals surface area contributed by atoms with Crippen LogP contribution in [0.3, 0.4) is 0 Å². The molecule has 1 amide bonds. The Morgan fingerprint density at radius 3 is 3.00 bits per heavy atom. The highest BCUT2D eigenvalue weighted by Gasteiger charge is 2.36. The summed E-state index contributed by atoms with van der Waals surface area (Å²) in [4.78, 5) is 20.2. The van der Waals surface area contributed by atoms with Crippen LogP contribution in [0.2, 0.25) is 0 Å². The second-order valence-corrected chi connectivity index (χ2v) is 7.38. The molecule has 0 spiro atoms. The molecule has 5 nitrogen and oxygen atoms in total. The first-order chi connectivity index (χ1) is 12.2. The lowest BCUT2D eigenvalue weighted by atomic mass is 9.82. The van der Waals surface area contributed by atoms with Crippen LogP contribution in [0, 0.1) is 12.8 Å². The maximum atomic E-state index is 12.3. The Bertz CT molecular complexity index is 754. The average Bonchev–Trinajstić information content (AvgIpc) is 3.09. The van der Waals surface area contributed by atoms with Gasteiger partial charge in [-0.1, -0.05) is 36.6 Å². The first-order valence-electron chi connectivity index (χ1n) is 9.36. The molecule has 1 aliphatic heterocycles. The first-order valence-corrected chi connectivity index (χ1v) is 9.36. The van der Waals surface area contributed by atoms with Crippen LogP contribution < -0.4 is 10.6 Å². The van der Waals surface area contributed by atoms with Gasteiger partial charge in [0.25, 0.3) is 0 Å². The smallest absolute Gasteiger partial charge is 0.225 e. The molecule has 4 rings (SSSR count). The van der Waals surface area contributed by atoms with E-state index in [2.05, 4.69) is 51.8 Å². The molecule has 3 N–H and O–H groups in total. The van der Waals surface area contributed by atoms with Crippen molar-refractivity contribution in [2.75, 3.05) is 0 Å². The standard InChI is InChI=1S/C20H26N4O/c1-13-5-4-6-14(11-13)17-12-21-18(23-17)9-10-19-22-16-8-3-2-7-15(16)20(25)24-19/h4-6,11-12,15-16,19,22H,2-3,7-10H2,1H3,(H,21,23)(H,24,25). The number of benzene rings is 1. The molecule has 1 saturated heterocycles. The van der Waals surface area contributed by atoms with Crippen molar-refractivity contribution < 1.29 is 4.79 Å². The van der Waals surface area contributed by atoms with Crippen LogP contribution in [0.15, 0.2) is 30.5 Å². The Morgan fingerprint density at radius 1 is 1.24 bits per heavy atom. The quantitative estimate of drug-likeness (QED) is 0.803. The Hall–Kier alpha value is -2.14. The molecule has 3 unspecified atom stereocenters. The van der Waals surface area contributed by atoms with E-state index in [1.165, 1.54) is 18.4 Å². The fourth-order valence-corrected chi connectivity index (χ4v) is 4.11. The molecule has 1 aromatic carbocycles. The molecule has 0 radical (unpaired) electrons. The van der Waals surface area contributed by atoms with Gasteiger partial charge in [0.1, 0.15) is 5.82 Å². The van der Waals surface area contributed by atoms with E-state index in [0.29, 0.717) is 6.04 Å². The Balaban J connectivity index is 1.36. The molecule has 5 heteroatoms. The molecule has 2 heterocycles. The van der Waals surface area contributed by atoms with Crippen LogP contribution in [-0.2, 0) is 11.2 Å². The van der Waals surface area contributed by atoms with Crippen LogP contribution >= 0.6 is 0 Å². The fraction of sp³-hybridized carbons (Fsp3) is 0.500. The van der Waals surface area contributed by atoms with Gasteiger partial charge in [0.2, 0.25) is 5.91 Å². The lowest BCUT2D eigenvalue weighted by Gasteiger charge is -2.40. The van der Waals surface area contributed by atoms with Crippen molar-refractivity contribution in [3.05, 3.63) is 41.9 Å². The third kappa shape index (κ3) is 3.61. The van der Waals surface area contributed by atoms with E-state index in [4.69, 9.17) is 0 Å². The summed E-state index contributed by atoms with van der Waals surface area (Å²) in [5, 5.41) is 6.77. The van der Waals surface area contributed by atoms with E-state index in [-0.39, 0.29) is 18.0 Å². The summed E-state index contributed by atoms with van der Waals surface area (Å²) in [5.41, 5.74) is 3.45. The second-order valence-electron chi connectivity index (χ2n) is 7.38. The summed E-state index contributed by atoms with van der Waals surface area (Å²) in [7, 11) is 0. The molecule has 2 aliphatic rings. The van der Waals surface area contributed by atoms with E-state index < -0.39 is 0 Å². The van der Waals surface area contributed by atoms with Gasteiger partial charge >= 0.3 is 0 Å². The molecule has 1 aliphatic carbocycles. The maximum absolute atomic E-state index is 12.3. The number of carbonyl (C=O) groups excluding carboxylic acids is 1. The molecule has 1 saturated carbocycles. The zero-order valence-electron chi connectivity index (χ0n) is 14.7. The summed E-state index contributed by atoms with van der Waals surface area (Å²) >= 11 is 0. The van der Waals surface area contributed by atoms with Crippen LogP contribution in [0.5, 0.6) is 0 Å². The van der Waals surface area contributed by atoms with Gasteiger partial charge in [0.15, 0.2) is 0 Å². The monoisotopic (exact) mass is 338 g/mol. The number of aromatic amines is 1. The van der Waals surface area contributed by atoms with E-state index in [1.54, 1.807) is 0 Å². The number of hydrogen-bond acceptors (Lipinski definition) is 3. The topological polar surface area (TPSA) is 69.8 Å². The number of nitrogens with zero attached hydrogens (tertiary/aromatic N) is 1. The molecular formula is C20H26N4O. The van der Waals surface area contributed by atoms with Gasteiger partial charge in [-0.15, -0.1) is 0 Å². The number of hydrogen-bond donors (Lipinski definition) is 3. The van der Waals surface area contributed by atoms with Gasteiger partial charge in [-0.3, -0.25) is 10.1 Å². The number of carbonyl (C=O) groups is 1. The minimum atomic E-state index is 0.0550. The van der Waals surface area contributed by atoms with Crippen LogP contribution in [0.1, 0.15) is 43.5 Å². The van der Waals surface area contributed by atoms with Gasteiger partial charge in [0, 0.05) is 12.5 Å². The first kappa shape index (κ1) is 16.3. The predicted molar refractivity (Wildman–Crippen MR) is 97.9 cm³/mol. The van der Waals surface area contributed by atoms with E-state index in [0.717, 1.165) is 42.8 Å². The Morgan fingerprint density at radius 2 is 2.12 bits per heavy atom. The minimum Gasteiger partial charge on any atom is -0.342 e. The van der Waals surface area contributed by atoms with Crippen LogP contribution in [-0.4, -0.2) is 28.1 Å². The van der Waals surface area contributed by atoms with Crippen molar-refractivity contribution in [1.82, 2.24) is 20.6 Å². The number of aryl methyl sites for hydroxylation is 2. The summed E-state index contributed by atoms with van der Waals surface area (Å²) in [6, 6.07) is 8.76. The van der Waals surface area contributed by atoms with Crippen molar-refractivity contribution >= 4 is 5.91 Å². The van der Waals surface area contributed by atoms with Gasteiger partial charge < -0.3 is 10.3 Å². The van der Waals surface area contributed by atoms with E-state index in [1.807, 2.05) is 6.20 Å². The van der Waals surface area contributed by atoms with Gasteiger partial charge in [-0.2, -0.15) is 0 Å². The molecule has 2 aromatic rings. The second kappa shape index (κ2) is 7.00. The van der Waals surface area contributed by atoms with Crippen LogP contribution in [0.25, 0.3) is 11.3 Å². The molecule has 3 atom stereocenters. The summed E-state index contributed by atoms with van der Waals surface area (Å²) < 4.78 is 0. The Labute approximate surface area is 148 Å². The highest BCUT2D eigenvalue weighted by Crippen LogP contribution is 2.27. The Kier molecular flexibility index (Phi) is 4.57. The maximum Gasteiger partial charge on any atom is 0.225 e. The molecule has 1 aromatic heterocycles. The van der Waals surface area contributed by atoms with E-state index in [9.17, 15) is 4.79 Å². The van der Waals surface area contributed by atoms with E-state index >= 15 is 0 Å². The number of aromatic nitrogens is 2. The molecular weight excluding hydrogens is 312 g/mol. The lowest BCUT2D eigenvalue weighted by molar-refractivity contribution is -0.130. The van der Waals surface area contributed by atoms with Crippen molar-refractivity contribution in [3.8, 4) is 11.3 Å². The predicted octanol–water partition coefficient (Wildman–Crippen LogP) is 2.92. The molecule has 25 heavy (non-hydrogen) atoms. The fourth-order valence-electron chi connectivity index (χ4n) is 4.11. The number of fused-ring (bicyclic) bond motifs is 1. The highest BCUT2D eigenvalue weighted by molar-refractivity contribution is 5.80. The van der Waals surface area contributed by atoms with Gasteiger partial charge in [0.05, 0.1) is 24.0 Å². The summed E-state index contributed by atoms with van der Waals surface area (Å²) in [5.74, 6) is 1.37. The summed E-state index contributed by atoms with van der Waals surface area (Å²) in [6.07, 6.45) is 8.17. The zero-order chi connectivity index (χ0) is 17.2. The number of imidazole rings is 1. The molecule has 132 valence electrons. The minimum absolute atomic E-state index is 0.0550. The van der Waals surface area contributed by atoms with Crippen molar-refractivity contribution in [1.29, 1.82) is 0 Å². The average molecular weight is 338 g/mol. The third-order valence-corrected chi connectivity index (χ3v) is 5.46. The normalized spacial score (nSPS) is 26.1. The van der Waals surface area contributed by atoms with Crippen molar-refractivity contribution in [2.24, 2.45) is 5.92 Å². The zero-order valence-corrected chi connectivity index (χ0v) is 14.7.